The lowest BCUT2D eigenvalue weighted by Crippen LogP contribution is -2.24. The molecule has 3 aromatic rings. The van der Waals surface area contributed by atoms with Crippen molar-refractivity contribution in [1.82, 2.24) is 19.7 Å². The van der Waals surface area contributed by atoms with E-state index in [9.17, 15) is 4.79 Å². The van der Waals surface area contributed by atoms with E-state index in [-0.39, 0.29) is 5.91 Å². The smallest absolute Gasteiger partial charge is 0.262 e. The largest absolute Gasteiger partial charge is 0.491 e. The molecule has 168 valence electrons. The average Bonchev–Trinajstić information content (AvgIpc) is 3.34. The summed E-state index contributed by atoms with van der Waals surface area (Å²) in [5, 5.41) is 4.66. The van der Waals surface area contributed by atoms with Crippen molar-refractivity contribution in [3.8, 4) is 22.9 Å². The monoisotopic (exact) mass is 437 g/mol. The SMILES string of the molecule is CCCn1nc(N2Cc3nc(-c4cnc(OC)c(OC)c4)cc(C)c3C2=O)cc1COC. The van der Waals surface area contributed by atoms with Crippen molar-refractivity contribution in [1.29, 1.82) is 0 Å². The molecule has 0 fully saturated rings. The van der Waals surface area contributed by atoms with E-state index in [1.165, 1.54) is 0 Å². The summed E-state index contributed by atoms with van der Waals surface area (Å²) in [6.07, 6.45) is 2.63. The van der Waals surface area contributed by atoms with Crippen molar-refractivity contribution in [3.63, 3.8) is 0 Å². The molecule has 0 atom stereocenters. The second kappa shape index (κ2) is 8.96. The number of aryl methyl sites for hydroxylation is 2. The Labute approximate surface area is 186 Å². The van der Waals surface area contributed by atoms with Gasteiger partial charge in [0.25, 0.3) is 11.8 Å². The van der Waals surface area contributed by atoms with Crippen LogP contribution in [0.3, 0.4) is 0 Å². The summed E-state index contributed by atoms with van der Waals surface area (Å²) < 4.78 is 17.8. The van der Waals surface area contributed by atoms with E-state index in [2.05, 4.69) is 17.0 Å². The van der Waals surface area contributed by atoms with Gasteiger partial charge in [-0.05, 0) is 31.0 Å². The number of rotatable bonds is 8. The van der Waals surface area contributed by atoms with Crippen LogP contribution in [0.2, 0.25) is 0 Å². The highest BCUT2D eigenvalue weighted by Gasteiger charge is 2.33. The van der Waals surface area contributed by atoms with Gasteiger partial charge in [0.2, 0.25) is 0 Å². The number of ether oxygens (including phenoxy) is 3. The summed E-state index contributed by atoms with van der Waals surface area (Å²) in [4.78, 5) is 24.0. The van der Waals surface area contributed by atoms with Gasteiger partial charge in [0.05, 0.1) is 50.0 Å². The molecule has 0 spiro atoms. The topological polar surface area (TPSA) is 91.6 Å². The van der Waals surface area contributed by atoms with Gasteiger partial charge in [0.1, 0.15) is 0 Å². The van der Waals surface area contributed by atoms with Crippen molar-refractivity contribution < 1.29 is 19.0 Å². The number of hydrogen-bond acceptors (Lipinski definition) is 7. The van der Waals surface area contributed by atoms with Gasteiger partial charge in [-0.25, -0.2) is 4.98 Å². The number of carbonyl (C=O) groups is 1. The van der Waals surface area contributed by atoms with E-state index in [1.54, 1.807) is 32.4 Å². The average molecular weight is 438 g/mol. The molecule has 1 aliphatic rings. The van der Waals surface area contributed by atoms with Crippen molar-refractivity contribution in [2.45, 2.75) is 40.0 Å². The van der Waals surface area contributed by atoms with E-state index in [0.29, 0.717) is 36.2 Å². The number of aromatic nitrogens is 4. The van der Waals surface area contributed by atoms with E-state index in [4.69, 9.17) is 19.2 Å². The molecule has 0 saturated heterocycles. The van der Waals surface area contributed by atoms with Gasteiger partial charge >= 0.3 is 0 Å². The summed E-state index contributed by atoms with van der Waals surface area (Å²) in [5.74, 6) is 1.45. The lowest BCUT2D eigenvalue weighted by atomic mass is 10.1. The fourth-order valence-electron chi connectivity index (χ4n) is 3.95. The van der Waals surface area contributed by atoms with Gasteiger partial charge in [0.15, 0.2) is 11.6 Å². The van der Waals surface area contributed by atoms with Gasteiger partial charge in [-0.15, -0.1) is 0 Å². The van der Waals surface area contributed by atoms with E-state index < -0.39 is 0 Å². The highest BCUT2D eigenvalue weighted by Crippen LogP contribution is 2.34. The number of pyridine rings is 2. The van der Waals surface area contributed by atoms with Crippen molar-refractivity contribution >= 4 is 11.7 Å². The Hall–Kier alpha value is -3.46. The maximum absolute atomic E-state index is 13.2. The molecule has 0 radical (unpaired) electrons. The van der Waals surface area contributed by atoms with Crippen LogP contribution in [0, 0.1) is 6.92 Å². The van der Waals surface area contributed by atoms with Crippen molar-refractivity contribution in [2.24, 2.45) is 0 Å². The summed E-state index contributed by atoms with van der Waals surface area (Å²) in [6.45, 7) is 5.58. The van der Waals surface area contributed by atoms with E-state index in [0.717, 1.165) is 41.2 Å². The van der Waals surface area contributed by atoms with Crippen molar-refractivity contribution in [2.75, 3.05) is 26.2 Å². The standard InChI is InChI=1S/C23H27N5O4/c1-6-7-28-16(13-30-3)10-20(26-28)27-12-18-21(23(27)29)14(2)8-17(25-18)15-9-19(31-4)22(32-5)24-11-15/h8-11H,6-7,12-13H2,1-5H3. The number of anilines is 1. The fourth-order valence-corrected chi connectivity index (χ4v) is 3.95. The molecule has 4 heterocycles. The summed E-state index contributed by atoms with van der Waals surface area (Å²) in [5.41, 5.74) is 4.65. The Morgan fingerprint density at radius 1 is 1.12 bits per heavy atom. The second-order valence-corrected chi connectivity index (χ2v) is 7.62. The maximum Gasteiger partial charge on any atom is 0.262 e. The molecule has 1 amide bonds. The number of hydrogen-bond donors (Lipinski definition) is 0. The molecule has 0 N–H and O–H groups in total. The number of amides is 1. The Balaban J connectivity index is 1.69. The van der Waals surface area contributed by atoms with Crippen LogP contribution in [0.5, 0.6) is 11.6 Å². The lowest BCUT2D eigenvalue weighted by Gasteiger charge is -2.11. The molecule has 0 aromatic carbocycles. The fraction of sp³-hybridized carbons (Fsp3) is 0.391. The highest BCUT2D eigenvalue weighted by molar-refractivity contribution is 6.10. The Morgan fingerprint density at radius 2 is 1.94 bits per heavy atom. The third-order valence-electron chi connectivity index (χ3n) is 5.44. The molecule has 1 aliphatic heterocycles. The molecule has 9 heteroatoms. The van der Waals surface area contributed by atoms with Gasteiger partial charge < -0.3 is 14.2 Å². The highest BCUT2D eigenvalue weighted by atomic mass is 16.5. The molecule has 32 heavy (non-hydrogen) atoms. The van der Waals surface area contributed by atoms with Crippen LogP contribution < -0.4 is 14.4 Å². The minimum atomic E-state index is -0.0906. The van der Waals surface area contributed by atoms with E-state index >= 15 is 0 Å². The molecule has 4 rings (SSSR count). The molecule has 9 nitrogen and oxygen atoms in total. The number of nitrogens with zero attached hydrogens (tertiary/aromatic N) is 5. The van der Waals surface area contributed by atoms with E-state index in [1.807, 2.05) is 29.8 Å². The Morgan fingerprint density at radius 3 is 2.62 bits per heavy atom. The first-order valence-electron chi connectivity index (χ1n) is 10.5. The molecule has 0 saturated carbocycles. The van der Waals surface area contributed by atoms with Crippen molar-refractivity contribution in [3.05, 3.63) is 46.9 Å². The number of carbonyl (C=O) groups excluding carboxylic acids is 1. The van der Waals surface area contributed by atoms with Crippen LogP contribution in [0.25, 0.3) is 11.3 Å². The second-order valence-electron chi connectivity index (χ2n) is 7.62. The molecular weight excluding hydrogens is 410 g/mol. The summed E-state index contributed by atoms with van der Waals surface area (Å²) in [6, 6.07) is 5.64. The first-order valence-corrected chi connectivity index (χ1v) is 10.5. The molecule has 3 aromatic heterocycles. The summed E-state index contributed by atoms with van der Waals surface area (Å²) >= 11 is 0. The van der Waals surface area contributed by atoms with Gasteiger partial charge in [0, 0.05) is 31.5 Å². The molecule has 0 unspecified atom stereocenters. The zero-order valence-corrected chi connectivity index (χ0v) is 19.0. The van der Waals surface area contributed by atoms with Crippen LogP contribution in [0.1, 0.15) is 40.7 Å². The maximum atomic E-state index is 13.2. The first kappa shape index (κ1) is 21.8. The number of fused-ring (bicyclic) bond motifs is 1. The third-order valence-corrected chi connectivity index (χ3v) is 5.44. The van der Waals surface area contributed by atoms with Gasteiger partial charge in [-0.3, -0.25) is 19.4 Å². The van der Waals surface area contributed by atoms with Crippen LogP contribution in [-0.4, -0.2) is 47.0 Å². The zero-order valence-electron chi connectivity index (χ0n) is 19.0. The van der Waals surface area contributed by atoms with Crippen LogP contribution in [0.15, 0.2) is 24.4 Å². The summed E-state index contributed by atoms with van der Waals surface area (Å²) in [7, 11) is 4.76. The Kier molecular flexibility index (Phi) is 6.09. The lowest BCUT2D eigenvalue weighted by molar-refractivity contribution is 0.0995. The molecular formula is C23H27N5O4. The predicted octanol–water partition coefficient (Wildman–Crippen LogP) is 3.38. The normalized spacial score (nSPS) is 12.9. The quantitative estimate of drug-likeness (QED) is 0.533. The minimum Gasteiger partial charge on any atom is -0.491 e. The number of methoxy groups -OCH3 is 3. The predicted molar refractivity (Wildman–Crippen MR) is 119 cm³/mol. The van der Waals surface area contributed by atoms with Crippen LogP contribution in [-0.2, 0) is 24.4 Å². The third kappa shape index (κ3) is 3.80. The van der Waals surface area contributed by atoms with Crippen LogP contribution >= 0.6 is 0 Å². The zero-order chi connectivity index (χ0) is 22.8. The Bertz CT molecular complexity index is 1130. The first-order chi connectivity index (χ1) is 15.5. The van der Waals surface area contributed by atoms with Gasteiger partial charge in [-0.1, -0.05) is 6.92 Å². The molecule has 0 bridgehead atoms. The van der Waals surface area contributed by atoms with Gasteiger partial charge in [-0.2, -0.15) is 5.10 Å². The minimum absolute atomic E-state index is 0.0906. The molecule has 0 aliphatic carbocycles. The van der Waals surface area contributed by atoms with Crippen LogP contribution in [0.4, 0.5) is 5.82 Å².